The molecule has 3 N–H and O–H groups in total. The zero-order valence-corrected chi connectivity index (χ0v) is 15.6. The van der Waals surface area contributed by atoms with Crippen molar-refractivity contribution < 1.29 is 37.3 Å². The first kappa shape index (κ1) is 21.8. The third-order valence-electron chi connectivity index (χ3n) is 4.70. The van der Waals surface area contributed by atoms with Crippen LogP contribution in [-0.2, 0) is 15.1 Å². The van der Waals surface area contributed by atoms with E-state index in [0.29, 0.717) is 0 Å². The summed E-state index contributed by atoms with van der Waals surface area (Å²) in [6, 6.07) is 2.35. The molecule has 0 bridgehead atoms. The number of benzene rings is 1. The number of carbonyl (C=O) groups is 2. The summed E-state index contributed by atoms with van der Waals surface area (Å²) < 4.78 is 49.2. The maximum atomic E-state index is 13.4. The number of halogens is 3. The number of hydrogen-bond acceptors (Lipinski definition) is 5. The minimum Gasteiger partial charge on any atom is -0.495 e. The summed E-state index contributed by atoms with van der Waals surface area (Å²) >= 11 is 0. The molecule has 1 saturated carbocycles. The van der Waals surface area contributed by atoms with E-state index >= 15 is 0 Å². The molecule has 0 spiro atoms. The first-order valence-electron chi connectivity index (χ1n) is 8.77. The van der Waals surface area contributed by atoms with Gasteiger partial charge in [0.1, 0.15) is 5.75 Å². The molecular weight excluding hydrogens is 381 g/mol. The summed E-state index contributed by atoms with van der Waals surface area (Å²) in [6.07, 6.45) is -0.433. The van der Waals surface area contributed by atoms with Gasteiger partial charge in [-0.15, -0.1) is 0 Å². The monoisotopic (exact) mass is 404 g/mol. The Hall–Kier alpha value is -2.49. The first-order chi connectivity index (χ1) is 13.1. The van der Waals surface area contributed by atoms with Crippen molar-refractivity contribution in [3.63, 3.8) is 0 Å². The van der Waals surface area contributed by atoms with Gasteiger partial charge in [0.2, 0.25) is 0 Å². The van der Waals surface area contributed by atoms with Crippen LogP contribution in [0.25, 0.3) is 0 Å². The van der Waals surface area contributed by atoms with Gasteiger partial charge < -0.3 is 25.2 Å². The molecule has 1 aromatic rings. The smallest absolute Gasteiger partial charge is 0.432 e. The Morgan fingerprint density at radius 2 is 1.79 bits per heavy atom. The normalized spacial score (nSPS) is 17.4. The van der Waals surface area contributed by atoms with Gasteiger partial charge in [-0.05, 0) is 25.0 Å². The minimum atomic E-state index is -5.32. The van der Waals surface area contributed by atoms with Crippen molar-refractivity contribution >= 4 is 17.7 Å². The summed E-state index contributed by atoms with van der Waals surface area (Å²) in [7, 11) is 1.93. The number of aliphatic hydroxyl groups is 1. The number of amides is 2. The molecule has 2 amide bonds. The lowest BCUT2D eigenvalue weighted by molar-refractivity contribution is -0.266. The fourth-order valence-corrected chi connectivity index (χ4v) is 3.16. The Bertz CT molecular complexity index is 720. The molecular formula is C18H23F3N2O5. The maximum absolute atomic E-state index is 13.4. The Kier molecular flexibility index (Phi) is 6.76. The molecule has 0 aliphatic heterocycles. The lowest BCUT2D eigenvalue weighted by atomic mass is 9.92. The quantitative estimate of drug-likeness (QED) is 0.656. The van der Waals surface area contributed by atoms with Gasteiger partial charge in [-0.3, -0.25) is 0 Å². The van der Waals surface area contributed by atoms with E-state index in [4.69, 9.17) is 4.74 Å². The molecule has 10 heteroatoms. The molecule has 1 unspecified atom stereocenters. The molecule has 28 heavy (non-hydrogen) atoms. The molecule has 1 aromatic carbocycles. The highest BCUT2D eigenvalue weighted by Gasteiger charge is 2.62. The summed E-state index contributed by atoms with van der Waals surface area (Å²) in [5, 5.41) is 15.4. The van der Waals surface area contributed by atoms with Crippen LogP contribution < -0.4 is 15.4 Å². The van der Waals surface area contributed by atoms with Crippen molar-refractivity contribution in [2.75, 3.05) is 19.5 Å². The molecule has 1 aliphatic carbocycles. The number of methoxy groups -OCH3 is 2. The van der Waals surface area contributed by atoms with Crippen LogP contribution in [-0.4, -0.2) is 43.5 Å². The third kappa shape index (κ3) is 4.49. The number of carbonyl (C=O) groups excluding carboxylic acids is 2. The second kappa shape index (κ2) is 8.68. The average molecular weight is 404 g/mol. The topological polar surface area (TPSA) is 96.9 Å². The summed E-state index contributed by atoms with van der Waals surface area (Å²) in [5.41, 5.74) is -4.56. The molecule has 1 atom stereocenters. The highest BCUT2D eigenvalue weighted by Crippen LogP contribution is 2.42. The van der Waals surface area contributed by atoms with E-state index < -0.39 is 29.3 Å². The summed E-state index contributed by atoms with van der Waals surface area (Å²) in [6.45, 7) is 0. The Balaban J connectivity index is 2.25. The van der Waals surface area contributed by atoms with E-state index in [1.165, 1.54) is 7.11 Å². The van der Waals surface area contributed by atoms with Gasteiger partial charge in [0.05, 0.1) is 19.9 Å². The number of alkyl halides is 3. The van der Waals surface area contributed by atoms with E-state index in [0.717, 1.165) is 57.4 Å². The molecule has 0 saturated heterocycles. The van der Waals surface area contributed by atoms with E-state index in [1.807, 2.05) is 0 Å². The Labute approximate surface area is 160 Å². The van der Waals surface area contributed by atoms with Crippen molar-refractivity contribution in [2.45, 2.75) is 49.9 Å². The molecule has 0 aromatic heterocycles. The van der Waals surface area contributed by atoms with Crippen LogP contribution in [0.3, 0.4) is 0 Å². The van der Waals surface area contributed by atoms with Crippen molar-refractivity contribution in [1.82, 2.24) is 5.32 Å². The number of rotatable bonds is 5. The van der Waals surface area contributed by atoms with Gasteiger partial charge in [0, 0.05) is 11.6 Å². The van der Waals surface area contributed by atoms with Gasteiger partial charge >= 0.3 is 18.2 Å². The average Bonchev–Trinajstić information content (AvgIpc) is 2.66. The maximum Gasteiger partial charge on any atom is 0.432 e. The van der Waals surface area contributed by atoms with Crippen LogP contribution in [0.4, 0.5) is 23.7 Å². The predicted octanol–water partition coefficient (Wildman–Crippen LogP) is 3.07. The standard InChI is InChI=1S/C18H23F3N2O5/c1-27-14-10-11(17(26,15(24)28-2)18(19,20)21)8-9-13(14)23-16(25)22-12-6-4-3-5-7-12/h8-10,12,26H,3-7H2,1-2H3,(H2,22,23,25). The molecule has 156 valence electrons. The van der Waals surface area contributed by atoms with Crippen molar-refractivity contribution in [3.8, 4) is 5.75 Å². The van der Waals surface area contributed by atoms with E-state index in [1.54, 1.807) is 0 Å². The molecule has 2 rings (SSSR count). The second-order valence-corrected chi connectivity index (χ2v) is 6.55. The lowest BCUT2D eigenvalue weighted by Crippen LogP contribution is -2.49. The Morgan fingerprint density at radius 1 is 1.14 bits per heavy atom. The molecule has 0 radical (unpaired) electrons. The van der Waals surface area contributed by atoms with Gasteiger partial charge in [0.25, 0.3) is 5.60 Å². The van der Waals surface area contributed by atoms with Crippen molar-refractivity contribution in [3.05, 3.63) is 23.8 Å². The Morgan fingerprint density at radius 3 is 2.32 bits per heavy atom. The fourth-order valence-electron chi connectivity index (χ4n) is 3.16. The number of hydrogen-bond donors (Lipinski definition) is 3. The van der Waals surface area contributed by atoms with Crippen molar-refractivity contribution in [2.24, 2.45) is 0 Å². The predicted molar refractivity (Wildman–Crippen MR) is 94.0 cm³/mol. The van der Waals surface area contributed by atoms with Gasteiger partial charge in [-0.25, -0.2) is 9.59 Å². The number of nitrogens with one attached hydrogen (secondary N) is 2. The van der Waals surface area contributed by atoms with Crippen molar-refractivity contribution in [1.29, 1.82) is 0 Å². The highest BCUT2D eigenvalue weighted by atomic mass is 19.4. The summed E-state index contributed by atoms with van der Waals surface area (Å²) in [4.78, 5) is 23.8. The second-order valence-electron chi connectivity index (χ2n) is 6.55. The first-order valence-corrected chi connectivity index (χ1v) is 8.77. The number of ether oxygens (including phenoxy) is 2. The molecule has 0 heterocycles. The molecule has 1 aliphatic rings. The minimum absolute atomic E-state index is 0.0358. The van der Waals surface area contributed by atoms with Crippen LogP contribution in [0.2, 0.25) is 0 Å². The number of esters is 1. The van der Waals surface area contributed by atoms with Crippen LogP contribution in [0, 0.1) is 0 Å². The SMILES string of the molecule is COC(=O)C(O)(c1ccc(NC(=O)NC2CCCCC2)c(OC)c1)C(F)(F)F. The van der Waals surface area contributed by atoms with E-state index in [9.17, 15) is 27.9 Å². The largest absolute Gasteiger partial charge is 0.495 e. The van der Waals surface area contributed by atoms with Crippen LogP contribution in [0.1, 0.15) is 37.7 Å². The molecule has 1 fully saturated rings. The van der Waals surface area contributed by atoms with Gasteiger partial charge in [0.15, 0.2) is 0 Å². The third-order valence-corrected chi connectivity index (χ3v) is 4.70. The van der Waals surface area contributed by atoms with E-state index in [2.05, 4.69) is 15.4 Å². The van der Waals surface area contributed by atoms with Crippen LogP contribution in [0.15, 0.2) is 18.2 Å². The number of anilines is 1. The van der Waals surface area contributed by atoms with Crippen LogP contribution >= 0.6 is 0 Å². The fraction of sp³-hybridized carbons (Fsp3) is 0.556. The zero-order chi connectivity index (χ0) is 20.9. The van der Waals surface area contributed by atoms with Crippen LogP contribution in [0.5, 0.6) is 5.75 Å². The molecule has 7 nitrogen and oxygen atoms in total. The number of urea groups is 1. The summed E-state index contributed by atoms with van der Waals surface area (Å²) in [5.74, 6) is -2.03. The van der Waals surface area contributed by atoms with Gasteiger partial charge in [-0.1, -0.05) is 25.3 Å². The zero-order valence-electron chi connectivity index (χ0n) is 15.6. The highest BCUT2D eigenvalue weighted by molar-refractivity contribution is 5.91. The lowest BCUT2D eigenvalue weighted by Gasteiger charge is -2.28. The van der Waals surface area contributed by atoms with Gasteiger partial charge in [-0.2, -0.15) is 13.2 Å². The van der Waals surface area contributed by atoms with E-state index in [-0.39, 0.29) is 17.5 Å².